The van der Waals surface area contributed by atoms with E-state index in [4.69, 9.17) is 21.1 Å². The van der Waals surface area contributed by atoms with E-state index in [1.54, 1.807) is 46.3 Å². The Bertz CT molecular complexity index is 897. The van der Waals surface area contributed by atoms with Crippen LogP contribution in [0.4, 0.5) is 9.18 Å². The van der Waals surface area contributed by atoms with E-state index < -0.39 is 23.6 Å². The number of carbonyl (C=O) groups is 1. The van der Waals surface area contributed by atoms with Crippen LogP contribution in [0.2, 0.25) is 5.02 Å². The minimum absolute atomic E-state index is 0.00618. The molecule has 1 amide bonds. The molecule has 29 heavy (non-hydrogen) atoms. The van der Waals surface area contributed by atoms with Crippen LogP contribution in [0, 0.1) is 17.1 Å². The Morgan fingerprint density at radius 3 is 2.59 bits per heavy atom. The summed E-state index contributed by atoms with van der Waals surface area (Å²) in [5.41, 5.74) is -0.621. The number of aromatic nitrogens is 2. The third kappa shape index (κ3) is 6.57. The summed E-state index contributed by atoms with van der Waals surface area (Å²) in [6.07, 6.45) is 2.24. The highest BCUT2D eigenvalue weighted by Crippen LogP contribution is 2.30. The van der Waals surface area contributed by atoms with Crippen molar-refractivity contribution in [3.63, 3.8) is 0 Å². The number of ether oxygens (including phenoxy) is 2. The average Bonchev–Trinajstić information content (AvgIpc) is 2.66. The normalized spacial score (nSPS) is 12.0. The van der Waals surface area contributed by atoms with E-state index in [0.717, 1.165) is 6.07 Å². The van der Waals surface area contributed by atoms with Crippen molar-refractivity contribution in [1.82, 2.24) is 14.9 Å². The molecule has 9 heteroatoms. The second-order valence-corrected chi connectivity index (χ2v) is 7.69. The summed E-state index contributed by atoms with van der Waals surface area (Å²) in [7, 11) is 1.60. The second-order valence-electron chi connectivity index (χ2n) is 7.28. The van der Waals surface area contributed by atoms with Crippen LogP contribution >= 0.6 is 11.6 Å². The zero-order valence-electron chi connectivity index (χ0n) is 16.6. The SMILES string of the molecule is CN(CCC(Oc1cc(Cl)c(F)cc1C#N)c1ncccn1)C(=O)OC(C)(C)C. The smallest absolute Gasteiger partial charge is 0.410 e. The zero-order valence-corrected chi connectivity index (χ0v) is 17.4. The van der Waals surface area contributed by atoms with E-state index in [1.807, 2.05) is 6.07 Å². The molecule has 7 nitrogen and oxygen atoms in total. The van der Waals surface area contributed by atoms with Gasteiger partial charge in [0.2, 0.25) is 0 Å². The number of hydrogen-bond donors (Lipinski definition) is 0. The molecular weight excluding hydrogens is 399 g/mol. The van der Waals surface area contributed by atoms with Crippen LogP contribution in [0.3, 0.4) is 0 Å². The molecule has 0 saturated heterocycles. The molecule has 0 spiro atoms. The van der Waals surface area contributed by atoms with E-state index in [0.29, 0.717) is 12.2 Å². The van der Waals surface area contributed by atoms with Gasteiger partial charge in [-0.2, -0.15) is 5.26 Å². The van der Waals surface area contributed by atoms with Gasteiger partial charge >= 0.3 is 6.09 Å². The Hall–Kier alpha value is -2.92. The van der Waals surface area contributed by atoms with Crippen LogP contribution in [0.1, 0.15) is 44.7 Å². The lowest BCUT2D eigenvalue weighted by atomic mass is 10.2. The van der Waals surface area contributed by atoms with Crippen molar-refractivity contribution in [2.45, 2.75) is 38.9 Å². The Kier molecular flexibility index (Phi) is 7.35. The van der Waals surface area contributed by atoms with Gasteiger partial charge in [0.25, 0.3) is 0 Å². The first-order valence-electron chi connectivity index (χ1n) is 8.87. The molecule has 0 aliphatic heterocycles. The first kappa shape index (κ1) is 22.4. The fourth-order valence-electron chi connectivity index (χ4n) is 2.33. The van der Waals surface area contributed by atoms with E-state index in [9.17, 15) is 14.4 Å². The molecule has 0 N–H and O–H groups in total. The summed E-state index contributed by atoms with van der Waals surface area (Å²) < 4.78 is 24.9. The molecular formula is C20H22ClFN4O3. The molecule has 154 valence electrons. The molecule has 1 aromatic heterocycles. The lowest BCUT2D eigenvalue weighted by Crippen LogP contribution is -2.35. The van der Waals surface area contributed by atoms with Crippen molar-refractivity contribution < 1.29 is 18.7 Å². The van der Waals surface area contributed by atoms with Crippen LogP contribution in [0.25, 0.3) is 0 Å². The molecule has 0 fully saturated rings. The molecule has 0 radical (unpaired) electrons. The highest BCUT2D eigenvalue weighted by Gasteiger charge is 2.23. The van der Waals surface area contributed by atoms with Gasteiger partial charge in [-0.05, 0) is 32.9 Å². The van der Waals surface area contributed by atoms with Gasteiger partial charge < -0.3 is 14.4 Å². The number of amides is 1. The van der Waals surface area contributed by atoms with Gasteiger partial charge in [-0.15, -0.1) is 0 Å². The lowest BCUT2D eigenvalue weighted by molar-refractivity contribution is 0.0276. The second kappa shape index (κ2) is 9.52. The molecule has 2 rings (SSSR count). The van der Waals surface area contributed by atoms with Gasteiger partial charge in [0.05, 0.1) is 10.6 Å². The van der Waals surface area contributed by atoms with Gasteiger partial charge in [0, 0.05) is 38.5 Å². The summed E-state index contributed by atoms with van der Waals surface area (Å²) in [5.74, 6) is -0.251. The Morgan fingerprint density at radius 2 is 2.00 bits per heavy atom. The van der Waals surface area contributed by atoms with E-state index in [-0.39, 0.29) is 22.9 Å². The summed E-state index contributed by atoms with van der Waals surface area (Å²) >= 11 is 5.84. The molecule has 0 saturated carbocycles. The highest BCUT2D eigenvalue weighted by molar-refractivity contribution is 6.30. The summed E-state index contributed by atoms with van der Waals surface area (Å²) in [6.45, 7) is 5.62. The van der Waals surface area contributed by atoms with Crippen molar-refractivity contribution >= 4 is 17.7 Å². The highest BCUT2D eigenvalue weighted by atomic mass is 35.5. The van der Waals surface area contributed by atoms with Crippen LogP contribution in [0.5, 0.6) is 5.75 Å². The number of rotatable bonds is 6. The number of nitrogens with zero attached hydrogens (tertiary/aromatic N) is 4. The maximum atomic E-state index is 13.7. The van der Waals surface area contributed by atoms with E-state index >= 15 is 0 Å². The number of nitriles is 1. The summed E-state index contributed by atoms with van der Waals surface area (Å²) in [5, 5.41) is 9.11. The minimum atomic E-state index is -0.715. The number of hydrogen-bond acceptors (Lipinski definition) is 6. The summed E-state index contributed by atoms with van der Waals surface area (Å²) in [6, 6.07) is 5.78. The van der Waals surface area contributed by atoms with Crippen LogP contribution < -0.4 is 4.74 Å². The van der Waals surface area contributed by atoms with Gasteiger partial charge in [-0.25, -0.2) is 19.2 Å². The maximum absolute atomic E-state index is 13.7. The zero-order chi connectivity index (χ0) is 21.6. The van der Waals surface area contributed by atoms with Gasteiger partial charge in [0.1, 0.15) is 23.2 Å². The topological polar surface area (TPSA) is 88.3 Å². The Morgan fingerprint density at radius 1 is 1.34 bits per heavy atom. The summed E-state index contributed by atoms with van der Waals surface area (Å²) in [4.78, 5) is 22.0. The van der Waals surface area contributed by atoms with Crippen LogP contribution in [-0.4, -0.2) is 40.2 Å². The average molecular weight is 421 g/mol. The first-order chi connectivity index (χ1) is 13.6. The molecule has 0 aliphatic rings. The Balaban J connectivity index is 2.21. The molecule has 1 heterocycles. The minimum Gasteiger partial charge on any atom is -0.481 e. The molecule has 2 aromatic rings. The van der Waals surface area contributed by atoms with Gasteiger partial charge in [-0.1, -0.05) is 11.6 Å². The predicted octanol–water partition coefficient (Wildman–Crippen LogP) is 4.52. The monoisotopic (exact) mass is 420 g/mol. The van der Waals surface area contributed by atoms with E-state index in [2.05, 4.69) is 9.97 Å². The van der Waals surface area contributed by atoms with Crippen molar-refractivity contribution in [3.05, 3.63) is 52.8 Å². The van der Waals surface area contributed by atoms with Crippen molar-refractivity contribution in [3.8, 4) is 11.8 Å². The van der Waals surface area contributed by atoms with Crippen molar-refractivity contribution in [1.29, 1.82) is 5.26 Å². The van der Waals surface area contributed by atoms with E-state index in [1.165, 1.54) is 11.0 Å². The number of carbonyl (C=O) groups excluding carboxylic acids is 1. The predicted molar refractivity (Wildman–Crippen MR) is 105 cm³/mol. The lowest BCUT2D eigenvalue weighted by Gasteiger charge is -2.26. The number of benzene rings is 1. The molecule has 1 unspecified atom stereocenters. The van der Waals surface area contributed by atoms with Crippen molar-refractivity contribution in [2.24, 2.45) is 0 Å². The third-order valence-corrected chi connectivity index (χ3v) is 4.01. The molecule has 1 aromatic carbocycles. The molecule has 0 bridgehead atoms. The molecule has 1 atom stereocenters. The standard InChI is InChI=1S/C20H22ClFN4O3/c1-20(2,3)29-19(27)26(4)9-6-16(18-24-7-5-8-25-18)28-17-11-14(21)15(22)10-13(17)12-23/h5,7-8,10-11,16H,6,9H2,1-4H3. The van der Waals surface area contributed by atoms with Crippen LogP contribution in [0.15, 0.2) is 30.6 Å². The van der Waals surface area contributed by atoms with Crippen molar-refractivity contribution in [2.75, 3.05) is 13.6 Å². The quantitative estimate of drug-likeness (QED) is 0.682. The Labute approximate surface area is 174 Å². The van der Waals surface area contributed by atoms with Gasteiger partial charge in [-0.3, -0.25) is 0 Å². The largest absolute Gasteiger partial charge is 0.481 e. The molecule has 0 aliphatic carbocycles. The van der Waals surface area contributed by atoms with Crippen LogP contribution in [-0.2, 0) is 4.74 Å². The third-order valence-electron chi connectivity index (χ3n) is 3.72. The number of halogens is 2. The maximum Gasteiger partial charge on any atom is 0.410 e. The fourth-order valence-corrected chi connectivity index (χ4v) is 2.48. The first-order valence-corrected chi connectivity index (χ1v) is 9.25. The van der Waals surface area contributed by atoms with Gasteiger partial charge in [0.15, 0.2) is 11.9 Å². The fraction of sp³-hybridized carbons (Fsp3) is 0.400.